The number of rotatable bonds is 11. The molecule has 1 saturated heterocycles. The molecule has 0 aromatic heterocycles. The van der Waals surface area contributed by atoms with Crippen LogP contribution in [0, 0.1) is 11.3 Å². The summed E-state index contributed by atoms with van der Waals surface area (Å²) < 4.78 is 18.2. The summed E-state index contributed by atoms with van der Waals surface area (Å²) in [7, 11) is 0. The van der Waals surface area contributed by atoms with E-state index in [9.17, 15) is 0 Å². The van der Waals surface area contributed by atoms with Crippen molar-refractivity contribution < 1.29 is 14.2 Å². The third-order valence-corrected chi connectivity index (χ3v) is 6.19. The highest BCUT2D eigenvalue weighted by atomic mass is 16.7. The minimum Gasteiger partial charge on any atom is -0.465 e. The summed E-state index contributed by atoms with van der Waals surface area (Å²) in [4.78, 5) is 0. The van der Waals surface area contributed by atoms with E-state index in [2.05, 4.69) is 71.5 Å². The molecule has 2 atom stereocenters. The van der Waals surface area contributed by atoms with Crippen LogP contribution in [0.15, 0.2) is 60.7 Å². The van der Waals surface area contributed by atoms with E-state index in [1.165, 1.54) is 5.56 Å². The van der Waals surface area contributed by atoms with E-state index < -0.39 is 0 Å². The lowest BCUT2D eigenvalue weighted by Gasteiger charge is -2.36. The maximum atomic E-state index is 6.40. The fraction of sp³-hybridized carbons (Fsp3) is 0.586. The van der Waals surface area contributed by atoms with Gasteiger partial charge >= 0.3 is 0 Å². The van der Waals surface area contributed by atoms with Gasteiger partial charge in [0.25, 0.3) is 0 Å². The normalized spacial score (nSPS) is 18.3. The van der Waals surface area contributed by atoms with Crippen LogP contribution in [0.3, 0.4) is 0 Å². The first-order chi connectivity index (χ1) is 15.5. The average Bonchev–Trinajstić information content (AvgIpc) is 2.76. The molecule has 4 nitrogen and oxygen atoms in total. The Hall–Kier alpha value is -1.88. The van der Waals surface area contributed by atoms with Gasteiger partial charge in [0, 0.05) is 24.7 Å². The first kappa shape index (κ1) is 27.4. The molecule has 4 heteroatoms. The van der Waals surface area contributed by atoms with E-state index >= 15 is 0 Å². The van der Waals surface area contributed by atoms with Gasteiger partial charge in [-0.2, -0.15) is 0 Å². The monoisotopic (exact) mass is 455 g/mol. The summed E-state index contributed by atoms with van der Waals surface area (Å²) in [5, 5.41) is 0. The van der Waals surface area contributed by atoms with Crippen molar-refractivity contribution in [1.82, 2.24) is 0 Å². The molecule has 33 heavy (non-hydrogen) atoms. The molecule has 184 valence electrons. The van der Waals surface area contributed by atoms with Crippen molar-refractivity contribution in [2.24, 2.45) is 17.1 Å². The van der Waals surface area contributed by atoms with E-state index in [1.807, 2.05) is 19.1 Å². The molecule has 1 fully saturated rings. The van der Waals surface area contributed by atoms with Crippen molar-refractivity contribution in [3.05, 3.63) is 66.3 Å². The first-order valence-electron chi connectivity index (χ1n) is 12.2. The minimum absolute atomic E-state index is 0.120. The van der Waals surface area contributed by atoms with Gasteiger partial charge in [0.1, 0.15) is 5.75 Å². The molecular weight excluding hydrogens is 410 g/mol. The molecule has 2 unspecified atom stereocenters. The number of allylic oxidation sites excluding steroid dienone is 3. The Morgan fingerprint density at radius 3 is 2.30 bits per heavy atom. The zero-order valence-corrected chi connectivity index (χ0v) is 21.6. The SMILES string of the molecule is C=CC=CC(=CC)COC(Oc1ccc(C(CC(C)(C)N)C(C)(C)C)cc1)C1CCOCC1. The summed E-state index contributed by atoms with van der Waals surface area (Å²) in [6.45, 7) is 18.8. The van der Waals surface area contributed by atoms with Crippen LogP contribution in [0.2, 0.25) is 0 Å². The van der Waals surface area contributed by atoms with Crippen LogP contribution < -0.4 is 10.5 Å². The van der Waals surface area contributed by atoms with Gasteiger partial charge < -0.3 is 19.9 Å². The first-order valence-corrected chi connectivity index (χ1v) is 12.2. The molecule has 1 heterocycles. The Bertz CT molecular complexity index is 775. The second-order valence-electron chi connectivity index (χ2n) is 10.9. The van der Waals surface area contributed by atoms with Gasteiger partial charge in [0.2, 0.25) is 6.29 Å². The molecule has 0 amide bonds. The number of hydrogen-bond donors (Lipinski definition) is 1. The highest BCUT2D eigenvalue weighted by Crippen LogP contribution is 2.40. The van der Waals surface area contributed by atoms with E-state index in [1.54, 1.807) is 6.08 Å². The highest BCUT2D eigenvalue weighted by Gasteiger charge is 2.31. The van der Waals surface area contributed by atoms with Gasteiger partial charge in [-0.3, -0.25) is 0 Å². The van der Waals surface area contributed by atoms with Crippen molar-refractivity contribution in [2.75, 3.05) is 19.8 Å². The van der Waals surface area contributed by atoms with Crippen molar-refractivity contribution in [2.45, 2.75) is 78.6 Å². The molecule has 0 radical (unpaired) electrons. The van der Waals surface area contributed by atoms with E-state index in [4.69, 9.17) is 19.9 Å². The minimum atomic E-state index is -0.312. The van der Waals surface area contributed by atoms with Crippen LogP contribution in [0.25, 0.3) is 0 Å². The Labute approximate surface area is 201 Å². The summed E-state index contributed by atoms with van der Waals surface area (Å²) in [5.74, 6) is 1.50. The standard InChI is InChI=1S/C29H45NO3/c1-8-10-11-22(9-2)21-32-27(24-16-18-31-19-17-24)33-25-14-12-23(13-15-25)26(28(3,4)5)20-29(6,7)30/h8-15,24,26-27H,1,16-21,30H2,2-7H3. The van der Waals surface area contributed by atoms with Crippen LogP contribution in [0.5, 0.6) is 5.75 Å². The molecule has 0 aliphatic carbocycles. The lowest BCUT2D eigenvalue weighted by atomic mass is 9.71. The fourth-order valence-corrected chi connectivity index (χ4v) is 4.21. The Morgan fingerprint density at radius 1 is 1.15 bits per heavy atom. The predicted molar refractivity (Wildman–Crippen MR) is 139 cm³/mol. The van der Waals surface area contributed by atoms with Crippen molar-refractivity contribution >= 4 is 0 Å². The molecule has 2 N–H and O–H groups in total. The van der Waals surface area contributed by atoms with Crippen LogP contribution >= 0.6 is 0 Å². The second kappa shape index (κ2) is 12.5. The van der Waals surface area contributed by atoms with Crippen molar-refractivity contribution in [1.29, 1.82) is 0 Å². The number of benzene rings is 1. The zero-order chi connectivity index (χ0) is 24.5. The molecule has 1 aliphatic heterocycles. The van der Waals surface area contributed by atoms with E-state index in [-0.39, 0.29) is 17.2 Å². The van der Waals surface area contributed by atoms with Crippen molar-refractivity contribution in [3.63, 3.8) is 0 Å². The van der Waals surface area contributed by atoms with Crippen LogP contribution in [-0.2, 0) is 9.47 Å². The van der Waals surface area contributed by atoms with Gasteiger partial charge in [-0.1, -0.05) is 63.8 Å². The second-order valence-corrected chi connectivity index (χ2v) is 10.9. The molecule has 1 aromatic carbocycles. The number of ether oxygens (including phenoxy) is 3. The molecule has 0 saturated carbocycles. The zero-order valence-electron chi connectivity index (χ0n) is 21.6. The summed E-state index contributed by atoms with van der Waals surface area (Å²) in [5.41, 5.74) is 8.67. The largest absolute Gasteiger partial charge is 0.465 e. The lowest BCUT2D eigenvalue weighted by Crippen LogP contribution is -2.37. The van der Waals surface area contributed by atoms with Crippen molar-refractivity contribution in [3.8, 4) is 5.75 Å². The van der Waals surface area contributed by atoms with Crippen LogP contribution in [-0.4, -0.2) is 31.6 Å². The van der Waals surface area contributed by atoms with Crippen LogP contribution in [0.4, 0.5) is 0 Å². The highest BCUT2D eigenvalue weighted by molar-refractivity contribution is 5.31. The predicted octanol–water partition coefficient (Wildman–Crippen LogP) is 6.78. The van der Waals surface area contributed by atoms with E-state index in [0.29, 0.717) is 18.4 Å². The quantitative estimate of drug-likeness (QED) is 0.295. The lowest BCUT2D eigenvalue weighted by molar-refractivity contribution is -0.129. The third-order valence-electron chi connectivity index (χ3n) is 6.19. The molecule has 1 aliphatic rings. The summed E-state index contributed by atoms with van der Waals surface area (Å²) in [6.07, 6.45) is 10.3. The van der Waals surface area contributed by atoms with E-state index in [0.717, 1.165) is 43.8 Å². The number of nitrogens with two attached hydrogens (primary N) is 1. The molecule has 2 rings (SSSR count). The summed E-state index contributed by atoms with van der Waals surface area (Å²) in [6, 6.07) is 8.51. The van der Waals surface area contributed by atoms with Gasteiger partial charge in [-0.05, 0) is 74.6 Å². The average molecular weight is 456 g/mol. The van der Waals surface area contributed by atoms with Gasteiger partial charge in [-0.25, -0.2) is 0 Å². The Morgan fingerprint density at radius 2 is 1.79 bits per heavy atom. The molecular formula is C29H45NO3. The van der Waals surface area contributed by atoms with Crippen LogP contribution in [0.1, 0.15) is 72.3 Å². The summed E-state index contributed by atoms with van der Waals surface area (Å²) >= 11 is 0. The number of hydrogen-bond acceptors (Lipinski definition) is 4. The third kappa shape index (κ3) is 9.48. The van der Waals surface area contributed by atoms with Gasteiger partial charge in [0.05, 0.1) is 6.61 Å². The maximum Gasteiger partial charge on any atom is 0.203 e. The maximum absolute atomic E-state index is 6.40. The molecule has 0 bridgehead atoms. The topological polar surface area (TPSA) is 53.7 Å². The van der Waals surface area contributed by atoms with Gasteiger partial charge in [0.15, 0.2) is 0 Å². The molecule has 1 aromatic rings. The Balaban J connectivity index is 2.16. The Kier molecular flexibility index (Phi) is 10.4. The fourth-order valence-electron chi connectivity index (χ4n) is 4.21. The smallest absolute Gasteiger partial charge is 0.203 e. The van der Waals surface area contributed by atoms with Gasteiger partial charge in [-0.15, -0.1) is 0 Å². The molecule has 0 spiro atoms.